The van der Waals surface area contributed by atoms with E-state index < -0.39 is 0 Å². The second-order valence-electron chi connectivity index (χ2n) is 6.40. The molecule has 0 fully saturated rings. The van der Waals surface area contributed by atoms with E-state index in [-0.39, 0.29) is 0 Å². The fraction of sp³-hybridized carbons (Fsp3) is 0.389. The van der Waals surface area contributed by atoms with Crippen LogP contribution in [-0.2, 0) is 33.3 Å². The molecule has 0 unspecified atom stereocenters. The molecule has 0 amide bonds. The van der Waals surface area contributed by atoms with Crippen LogP contribution >= 0.6 is 0 Å². The number of hydrogen-bond acceptors (Lipinski definition) is 5. The lowest BCUT2D eigenvalue weighted by molar-refractivity contribution is 0.255. The van der Waals surface area contributed by atoms with Crippen molar-refractivity contribution in [2.45, 2.75) is 32.7 Å². The third kappa shape index (κ3) is 3.71. The zero-order valence-corrected chi connectivity index (χ0v) is 14.4. The van der Waals surface area contributed by atoms with Gasteiger partial charge in [-0.2, -0.15) is 5.10 Å². The van der Waals surface area contributed by atoms with Gasteiger partial charge in [-0.1, -0.05) is 0 Å². The van der Waals surface area contributed by atoms with E-state index in [2.05, 4.69) is 30.7 Å². The minimum Gasteiger partial charge on any atom is -0.486 e. The molecule has 0 aromatic carbocycles. The Labute approximate surface area is 146 Å². The van der Waals surface area contributed by atoms with Crippen LogP contribution in [0.2, 0.25) is 0 Å². The van der Waals surface area contributed by atoms with Crippen LogP contribution in [0.4, 0.5) is 0 Å². The van der Waals surface area contributed by atoms with E-state index in [0.717, 1.165) is 44.0 Å². The quantitative estimate of drug-likeness (QED) is 0.712. The topological polar surface area (TPSA) is 61.0 Å². The molecular weight excluding hydrogens is 316 g/mol. The molecule has 3 aromatic heterocycles. The molecule has 0 bridgehead atoms. The molecule has 130 valence electrons. The van der Waals surface area contributed by atoms with Gasteiger partial charge >= 0.3 is 0 Å². The highest BCUT2D eigenvalue weighted by Crippen LogP contribution is 2.19. The highest BCUT2D eigenvalue weighted by atomic mass is 16.5. The van der Waals surface area contributed by atoms with Crippen molar-refractivity contribution < 1.29 is 4.74 Å². The molecule has 3 aromatic rings. The van der Waals surface area contributed by atoms with Gasteiger partial charge in [0.25, 0.3) is 0 Å². The maximum absolute atomic E-state index is 5.84. The van der Waals surface area contributed by atoms with Crippen LogP contribution in [0.15, 0.2) is 43.2 Å². The molecule has 4 rings (SSSR count). The van der Waals surface area contributed by atoms with Crippen LogP contribution in [0, 0.1) is 0 Å². The van der Waals surface area contributed by atoms with Crippen LogP contribution in [0.3, 0.4) is 0 Å². The Bertz CT molecular complexity index is 825. The first-order chi connectivity index (χ1) is 12.3. The molecule has 1 aliphatic heterocycles. The first-order valence-electron chi connectivity index (χ1n) is 8.53. The lowest BCUT2D eigenvalue weighted by atomic mass is 10.2. The number of hydrogen-bond donors (Lipinski definition) is 0. The first kappa shape index (κ1) is 15.8. The van der Waals surface area contributed by atoms with E-state index >= 15 is 0 Å². The summed E-state index contributed by atoms with van der Waals surface area (Å²) in [6.45, 7) is 4.32. The Kier molecular flexibility index (Phi) is 4.47. The summed E-state index contributed by atoms with van der Waals surface area (Å²) < 4.78 is 9.95. The Hall–Kier alpha value is -2.67. The van der Waals surface area contributed by atoms with E-state index in [1.807, 2.05) is 36.4 Å². The molecule has 7 heteroatoms. The van der Waals surface area contributed by atoms with Crippen molar-refractivity contribution in [3.05, 3.63) is 60.2 Å². The van der Waals surface area contributed by atoms with Gasteiger partial charge in [0.05, 0.1) is 24.4 Å². The van der Waals surface area contributed by atoms with E-state index in [4.69, 9.17) is 4.74 Å². The molecule has 25 heavy (non-hydrogen) atoms. The van der Waals surface area contributed by atoms with Crippen molar-refractivity contribution in [2.24, 2.45) is 7.05 Å². The van der Waals surface area contributed by atoms with Crippen LogP contribution in [0.25, 0.3) is 0 Å². The second kappa shape index (κ2) is 7.06. The lowest BCUT2D eigenvalue weighted by Gasteiger charge is -2.19. The van der Waals surface area contributed by atoms with Crippen molar-refractivity contribution in [3.63, 3.8) is 0 Å². The summed E-state index contributed by atoms with van der Waals surface area (Å²) >= 11 is 0. The van der Waals surface area contributed by atoms with E-state index in [9.17, 15) is 0 Å². The average Bonchev–Trinajstić information content (AvgIpc) is 3.14. The average molecular weight is 338 g/mol. The fourth-order valence-corrected chi connectivity index (χ4v) is 3.23. The molecule has 0 saturated heterocycles. The minimum atomic E-state index is 0.467. The SMILES string of the molecule is Cn1cc(CN2CCCn3cnc(COc4cccnc4)c3C2)cn1. The zero-order chi connectivity index (χ0) is 17.1. The highest BCUT2D eigenvalue weighted by Gasteiger charge is 2.19. The minimum absolute atomic E-state index is 0.467. The van der Waals surface area contributed by atoms with Gasteiger partial charge < -0.3 is 9.30 Å². The van der Waals surface area contributed by atoms with Gasteiger partial charge in [0.2, 0.25) is 0 Å². The predicted molar refractivity (Wildman–Crippen MR) is 92.7 cm³/mol. The molecular formula is C18H22N6O. The molecule has 0 atom stereocenters. The van der Waals surface area contributed by atoms with Crippen molar-refractivity contribution in [1.82, 2.24) is 29.2 Å². The number of aryl methyl sites for hydroxylation is 2. The van der Waals surface area contributed by atoms with E-state index in [1.54, 1.807) is 12.4 Å². The van der Waals surface area contributed by atoms with Crippen molar-refractivity contribution in [1.29, 1.82) is 0 Å². The van der Waals surface area contributed by atoms with Gasteiger partial charge in [-0.05, 0) is 18.6 Å². The monoisotopic (exact) mass is 338 g/mol. The maximum atomic E-state index is 5.84. The normalized spacial score (nSPS) is 14.9. The molecule has 0 N–H and O–H groups in total. The smallest absolute Gasteiger partial charge is 0.138 e. The van der Waals surface area contributed by atoms with Crippen LogP contribution in [0.1, 0.15) is 23.4 Å². The summed E-state index contributed by atoms with van der Waals surface area (Å²) in [6.07, 6.45) is 10.5. The Morgan fingerprint density at radius 2 is 2.20 bits per heavy atom. The molecule has 0 saturated carbocycles. The first-order valence-corrected chi connectivity index (χ1v) is 8.53. The standard InChI is InChI=1S/C18H22N6O/c1-22-10-15(8-21-22)11-23-6-3-7-24-14-20-17(18(24)12-23)13-25-16-4-2-5-19-9-16/h2,4-5,8-10,14H,3,6-7,11-13H2,1H3. The number of pyridine rings is 1. The van der Waals surface area contributed by atoms with Gasteiger partial charge in [0, 0.05) is 51.2 Å². The van der Waals surface area contributed by atoms with Crippen molar-refractivity contribution in [2.75, 3.05) is 6.54 Å². The Morgan fingerprint density at radius 3 is 3.00 bits per heavy atom. The molecule has 0 spiro atoms. The molecule has 4 heterocycles. The third-order valence-corrected chi connectivity index (χ3v) is 4.45. The van der Waals surface area contributed by atoms with Crippen LogP contribution < -0.4 is 4.74 Å². The number of fused-ring (bicyclic) bond motifs is 1. The third-order valence-electron chi connectivity index (χ3n) is 4.45. The summed E-state index contributed by atoms with van der Waals surface area (Å²) in [4.78, 5) is 11.1. The molecule has 0 radical (unpaired) electrons. The number of ether oxygens (including phenoxy) is 1. The molecule has 0 aliphatic carbocycles. The summed E-state index contributed by atoms with van der Waals surface area (Å²) in [7, 11) is 1.95. The van der Waals surface area contributed by atoms with Crippen molar-refractivity contribution >= 4 is 0 Å². The van der Waals surface area contributed by atoms with Crippen molar-refractivity contribution in [3.8, 4) is 5.75 Å². The largest absolute Gasteiger partial charge is 0.486 e. The predicted octanol–water partition coefficient (Wildman–Crippen LogP) is 2.00. The maximum Gasteiger partial charge on any atom is 0.138 e. The molecule has 1 aliphatic rings. The summed E-state index contributed by atoms with van der Waals surface area (Å²) in [5.41, 5.74) is 3.48. The Morgan fingerprint density at radius 1 is 1.24 bits per heavy atom. The second-order valence-corrected chi connectivity index (χ2v) is 6.40. The number of rotatable bonds is 5. The highest BCUT2D eigenvalue weighted by molar-refractivity contribution is 5.18. The van der Waals surface area contributed by atoms with Gasteiger partial charge in [-0.3, -0.25) is 14.6 Å². The van der Waals surface area contributed by atoms with Crippen LogP contribution in [-0.4, -0.2) is 35.8 Å². The summed E-state index contributed by atoms with van der Waals surface area (Å²) in [5, 5.41) is 4.27. The van der Waals surface area contributed by atoms with Crippen LogP contribution in [0.5, 0.6) is 5.75 Å². The van der Waals surface area contributed by atoms with Gasteiger partial charge in [-0.15, -0.1) is 0 Å². The molecule has 7 nitrogen and oxygen atoms in total. The lowest BCUT2D eigenvalue weighted by Crippen LogP contribution is -2.23. The Balaban J connectivity index is 1.47. The van der Waals surface area contributed by atoms with Gasteiger partial charge in [0.15, 0.2) is 0 Å². The summed E-state index contributed by atoms with van der Waals surface area (Å²) in [6, 6.07) is 3.79. The number of aromatic nitrogens is 5. The number of imidazole rings is 1. The number of nitrogens with zero attached hydrogens (tertiary/aromatic N) is 6. The summed E-state index contributed by atoms with van der Waals surface area (Å²) in [5.74, 6) is 0.769. The van der Waals surface area contributed by atoms with Gasteiger partial charge in [0.1, 0.15) is 18.1 Å². The van der Waals surface area contributed by atoms with Gasteiger partial charge in [-0.25, -0.2) is 4.98 Å². The zero-order valence-electron chi connectivity index (χ0n) is 14.4. The fourth-order valence-electron chi connectivity index (χ4n) is 3.23. The van der Waals surface area contributed by atoms with E-state index in [1.165, 1.54) is 11.3 Å². The van der Waals surface area contributed by atoms with E-state index in [0.29, 0.717) is 6.61 Å².